The van der Waals surface area contributed by atoms with Crippen LogP contribution in [0.25, 0.3) is 0 Å². The normalized spacial score (nSPS) is 16.0. The molecule has 26 heavy (non-hydrogen) atoms. The molecule has 0 aromatic carbocycles. The summed E-state index contributed by atoms with van der Waals surface area (Å²) >= 11 is 0. The summed E-state index contributed by atoms with van der Waals surface area (Å²) in [4.78, 5) is 47.2. The molecule has 0 heterocycles. The first-order valence-corrected chi connectivity index (χ1v) is 8.53. The molecule has 9 heteroatoms. The Morgan fingerprint density at radius 3 is 2.23 bits per heavy atom. The lowest BCUT2D eigenvalue weighted by Crippen LogP contribution is -2.54. The Bertz CT molecular complexity index is 538. The average molecular weight is 372 g/mol. The van der Waals surface area contributed by atoms with E-state index in [-0.39, 0.29) is 6.54 Å². The van der Waals surface area contributed by atoms with E-state index in [1.165, 1.54) is 14.0 Å². The van der Waals surface area contributed by atoms with Crippen molar-refractivity contribution in [1.29, 1.82) is 0 Å². The summed E-state index contributed by atoms with van der Waals surface area (Å²) < 4.78 is 14.8. The SMILES string of the molecule is COC(=O)CNC(=O)C(OC(C)=O)C(CC1CC1)NC(=O)OC(C)(C)C. The first-order chi connectivity index (χ1) is 12.0. The highest BCUT2D eigenvalue weighted by atomic mass is 16.6. The second kappa shape index (κ2) is 9.40. The van der Waals surface area contributed by atoms with E-state index in [9.17, 15) is 19.2 Å². The van der Waals surface area contributed by atoms with Crippen molar-refractivity contribution in [2.24, 2.45) is 5.92 Å². The molecule has 2 amide bonds. The predicted octanol–water partition coefficient (Wildman–Crippen LogP) is 0.901. The van der Waals surface area contributed by atoms with Crippen molar-refractivity contribution < 1.29 is 33.4 Å². The Hall–Kier alpha value is -2.32. The fraction of sp³-hybridized carbons (Fsp3) is 0.765. The fourth-order valence-electron chi connectivity index (χ4n) is 2.26. The van der Waals surface area contributed by atoms with E-state index in [0.717, 1.165) is 12.8 Å². The van der Waals surface area contributed by atoms with Crippen LogP contribution in [0.3, 0.4) is 0 Å². The van der Waals surface area contributed by atoms with Crippen molar-refractivity contribution in [3.63, 3.8) is 0 Å². The minimum absolute atomic E-state index is 0.335. The molecule has 0 spiro atoms. The second-order valence-electron chi connectivity index (χ2n) is 7.26. The number of ether oxygens (including phenoxy) is 3. The molecule has 2 atom stereocenters. The number of esters is 2. The van der Waals surface area contributed by atoms with Gasteiger partial charge in [0.05, 0.1) is 13.2 Å². The van der Waals surface area contributed by atoms with Gasteiger partial charge >= 0.3 is 18.0 Å². The lowest BCUT2D eigenvalue weighted by Gasteiger charge is -2.28. The molecule has 2 unspecified atom stereocenters. The highest BCUT2D eigenvalue weighted by molar-refractivity contribution is 5.87. The van der Waals surface area contributed by atoms with E-state index in [2.05, 4.69) is 15.4 Å². The van der Waals surface area contributed by atoms with E-state index in [1.807, 2.05) is 0 Å². The predicted molar refractivity (Wildman–Crippen MR) is 91.1 cm³/mol. The monoisotopic (exact) mass is 372 g/mol. The zero-order valence-electron chi connectivity index (χ0n) is 15.9. The van der Waals surface area contributed by atoms with Crippen LogP contribution in [-0.4, -0.2) is 55.3 Å². The van der Waals surface area contributed by atoms with Gasteiger partial charge in [0, 0.05) is 6.92 Å². The van der Waals surface area contributed by atoms with Gasteiger partial charge in [0.25, 0.3) is 5.91 Å². The molecule has 1 aliphatic rings. The van der Waals surface area contributed by atoms with E-state index in [4.69, 9.17) is 9.47 Å². The summed E-state index contributed by atoms with van der Waals surface area (Å²) in [6.07, 6.45) is 0.431. The number of amides is 2. The molecule has 1 saturated carbocycles. The third-order valence-electron chi connectivity index (χ3n) is 3.54. The number of carbonyl (C=O) groups is 4. The fourth-order valence-corrected chi connectivity index (χ4v) is 2.26. The van der Waals surface area contributed by atoms with E-state index < -0.39 is 41.7 Å². The highest BCUT2D eigenvalue weighted by Crippen LogP contribution is 2.34. The lowest BCUT2D eigenvalue weighted by molar-refractivity contribution is -0.156. The minimum Gasteiger partial charge on any atom is -0.468 e. The molecule has 2 N–H and O–H groups in total. The van der Waals surface area contributed by atoms with Crippen LogP contribution in [0.5, 0.6) is 0 Å². The number of alkyl carbamates (subject to hydrolysis) is 1. The summed E-state index contributed by atoms with van der Waals surface area (Å²) in [5, 5.41) is 4.97. The number of carbonyl (C=O) groups excluding carboxylic acids is 4. The Kier molecular flexibility index (Phi) is 7.85. The van der Waals surface area contributed by atoms with Crippen LogP contribution in [0.4, 0.5) is 4.79 Å². The number of hydrogen-bond donors (Lipinski definition) is 2. The van der Waals surface area contributed by atoms with Crippen molar-refractivity contribution in [3.8, 4) is 0 Å². The Morgan fingerprint density at radius 1 is 1.15 bits per heavy atom. The van der Waals surface area contributed by atoms with Crippen molar-refractivity contribution in [3.05, 3.63) is 0 Å². The first-order valence-electron chi connectivity index (χ1n) is 8.53. The molecule has 0 aromatic heterocycles. The third kappa shape index (κ3) is 8.68. The molecule has 148 valence electrons. The highest BCUT2D eigenvalue weighted by Gasteiger charge is 2.37. The van der Waals surface area contributed by atoms with Crippen molar-refractivity contribution in [2.45, 2.75) is 64.7 Å². The summed E-state index contributed by atoms with van der Waals surface area (Å²) in [5.74, 6) is -1.66. The molecule has 0 aromatic rings. The van der Waals surface area contributed by atoms with Gasteiger partial charge < -0.3 is 24.8 Å². The van der Waals surface area contributed by atoms with Crippen LogP contribution in [0.15, 0.2) is 0 Å². The summed E-state index contributed by atoms with van der Waals surface area (Å²) in [6.45, 7) is 5.96. The topological polar surface area (TPSA) is 120 Å². The minimum atomic E-state index is -1.27. The Morgan fingerprint density at radius 2 is 1.77 bits per heavy atom. The maximum absolute atomic E-state index is 12.4. The maximum atomic E-state index is 12.4. The standard InChI is InChI=1S/C17H28N2O7/c1-10(20)25-14(15(22)18-9-13(21)24-5)12(8-11-6-7-11)19-16(23)26-17(2,3)4/h11-12,14H,6-9H2,1-5H3,(H,18,22)(H,19,23). The summed E-state index contributed by atoms with van der Waals surface area (Å²) in [7, 11) is 1.19. The largest absolute Gasteiger partial charge is 0.468 e. The van der Waals surface area contributed by atoms with Crippen molar-refractivity contribution >= 4 is 23.9 Å². The van der Waals surface area contributed by atoms with Gasteiger partial charge in [0.1, 0.15) is 12.1 Å². The zero-order chi connectivity index (χ0) is 19.9. The van der Waals surface area contributed by atoms with Gasteiger partial charge in [-0.05, 0) is 33.1 Å². The molecule has 1 rings (SSSR count). The van der Waals surface area contributed by atoms with E-state index >= 15 is 0 Å². The molecular weight excluding hydrogens is 344 g/mol. The first kappa shape index (κ1) is 21.7. The Balaban J connectivity index is 2.85. The van der Waals surface area contributed by atoms with Crippen LogP contribution >= 0.6 is 0 Å². The van der Waals surface area contributed by atoms with Crippen LogP contribution < -0.4 is 10.6 Å². The summed E-state index contributed by atoms with van der Waals surface area (Å²) in [5.41, 5.74) is -0.710. The Labute approximate surface area is 153 Å². The molecule has 0 saturated heterocycles. The van der Waals surface area contributed by atoms with Gasteiger partial charge in [0.2, 0.25) is 0 Å². The van der Waals surface area contributed by atoms with Gasteiger partial charge in [-0.3, -0.25) is 14.4 Å². The molecule has 0 aliphatic heterocycles. The number of rotatable bonds is 8. The van der Waals surface area contributed by atoms with Gasteiger partial charge in [0.15, 0.2) is 6.10 Å². The third-order valence-corrected chi connectivity index (χ3v) is 3.54. The van der Waals surface area contributed by atoms with Crippen molar-refractivity contribution in [2.75, 3.05) is 13.7 Å². The number of hydrogen-bond acceptors (Lipinski definition) is 7. The van der Waals surface area contributed by atoms with Crippen LogP contribution in [0.1, 0.15) is 47.0 Å². The number of methoxy groups -OCH3 is 1. The van der Waals surface area contributed by atoms with Crippen LogP contribution in [-0.2, 0) is 28.6 Å². The van der Waals surface area contributed by atoms with Gasteiger partial charge in [-0.15, -0.1) is 0 Å². The van der Waals surface area contributed by atoms with Crippen molar-refractivity contribution in [1.82, 2.24) is 10.6 Å². The van der Waals surface area contributed by atoms with Crippen LogP contribution in [0.2, 0.25) is 0 Å². The van der Waals surface area contributed by atoms with Crippen LogP contribution in [0, 0.1) is 5.92 Å². The van der Waals surface area contributed by atoms with Gasteiger partial charge in [-0.2, -0.15) is 0 Å². The van der Waals surface area contributed by atoms with E-state index in [0.29, 0.717) is 12.3 Å². The quantitative estimate of drug-likeness (QED) is 0.480. The smallest absolute Gasteiger partial charge is 0.408 e. The lowest BCUT2D eigenvalue weighted by atomic mass is 10.0. The zero-order valence-corrected chi connectivity index (χ0v) is 15.9. The molecule has 0 bridgehead atoms. The molecule has 9 nitrogen and oxygen atoms in total. The number of nitrogens with one attached hydrogen (secondary N) is 2. The molecule has 0 radical (unpaired) electrons. The second-order valence-corrected chi connectivity index (χ2v) is 7.26. The average Bonchev–Trinajstić information content (AvgIpc) is 3.31. The van der Waals surface area contributed by atoms with Gasteiger partial charge in [-0.1, -0.05) is 12.8 Å². The molecular formula is C17H28N2O7. The van der Waals surface area contributed by atoms with E-state index in [1.54, 1.807) is 20.8 Å². The summed E-state index contributed by atoms with van der Waals surface area (Å²) in [6, 6.07) is -0.765. The maximum Gasteiger partial charge on any atom is 0.408 e. The van der Waals surface area contributed by atoms with Gasteiger partial charge in [-0.25, -0.2) is 4.79 Å². The molecule has 1 fully saturated rings. The molecule has 1 aliphatic carbocycles.